The molecule has 6 atom stereocenters. The number of rotatable bonds is 45. The molecule has 0 bridgehead atoms. The average Bonchev–Trinajstić information content (AvgIpc) is 1.27. The molecule has 0 amide bonds. The average molecular weight is 1430 g/mol. The van der Waals surface area contributed by atoms with E-state index >= 15 is 0 Å². The molecule has 0 radical (unpaired) electrons. The molecule has 3 fully saturated rings. The lowest BCUT2D eigenvalue weighted by Crippen LogP contribution is -2.48. The summed E-state index contributed by atoms with van der Waals surface area (Å²) in [6, 6.07) is 37.9. The third kappa shape index (κ3) is 28.3. The third-order valence-electron chi connectivity index (χ3n) is 16.4. The fourth-order valence-corrected chi connectivity index (χ4v) is 11.4. The number of benzene rings is 6. The Morgan fingerprint density at radius 1 is 0.350 bits per heavy atom. The number of carbonyl (C=O) groups excluding carboxylic acids is 3. The van der Waals surface area contributed by atoms with Crippen LogP contribution in [0.4, 0.5) is 0 Å². The highest BCUT2D eigenvalue weighted by Crippen LogP contribution is 2.33. The molecule has 0 N–H and O–H groups in total. The van der Waals surface area contributed by atoms with Crippen molar-refractivity contribution in [3.8, 4) is 69.0 Å². The van der Waals surface area contributed by atoms with E-state index in [1.165, 1.54) is 20.8 Å². The zero-order valence-electron chi connectivity index (χ0n) is 59.9. The van der Waals surface area contributed by atoms with E-state index in [1.54, 1.807) is 94.1 Å². The molecule has 3 heterocycles. The maximum Gasteiger partial charge on any atom is 0.303 e. The number of hydrogen-bond acceptors (Lipinski definition) is 25. The maximum atomic E-state index is 12.8. The second-order valence-corrected chi connectivity index (χ2v) is 24.6. The Kier molecular flexibility index (Phi) is 32.8. The predicted octanol–water partition coefficient (Wildman–Crippen LogP) is 11.8. The Bertz CT molecular complexity index is 3090. The van der Waals surface area contributed by atoms with Crippen molar-refractivity contribution in [3.63, 3.8) is 0 Å². The van der Waals surface area contributed by atoms with E-state index in [9.17, 15) is 14.4 Å². The molecule has 25 nitrogen and oxygen atoms in total. The molecular formula is C78H99NO24. The summed E-state index contributed by atoms with van der Waals surface area (Å²) in [6.07, 6.45) is 5.73. The molecule has 3 aliphatic heterocycles. The van der Waals surface area contributed by atoms with Crippen LogP contribution in [0.15, 0.2) is 127 Å². The van der Waals surface area contributed by atoms with Crippen molar-refractivity contribution in [3.05, 3.63) is 144 Å². The van der Waals surface area contributed by atoms with E-state index < -0.39 is 36.2 Å². The van der Waals surface area contributed by atoms with Crippen LogP contribution in [0.3, 0.4) is 0 Å². The standard InChI is InChI=1S/C78H99NO24/c1-55(80)101-67(52-95-64-25-19-61(20-26-64)86-37-40-89-70-31-16-58(43-73(70)83-4)49-98-76-13-7-10-34-92-76)46-79(47-68(102-56(2)81)53-96-65-27-21-62(22-28-65)87-38-41-90-71-32-17-59(44-74(71)84-5)50-99-77-14-8-11-35-93-77)48-69(103-57(3)82)54-97-66-29-23-63(24-30-66)88-39-42-91-72-33-18-60(45-75(72)85-6)51-100-78-15-9-12-36-94-78/h16-33,43-45,67-69,76-78H,7-15,34-42,46-54H2,1-6H3/t67-,68-,69-,76?,77?,78?/m1/s1. The van der Waals surface area contributed by atoms with Gasteiger partial charge >= 0.3 is 17.9 Å². The van der Waals surface area contributed by atoms with Gasteiger partial charge in [0.1, 0.15) is 112 Å². The first kappa shape index (κ1) is 78.2. The minimum atomic E-state index is -0.896. The van der Waals surface area contributed by atoms with Gasteiger partial charge in [0.25, 0.3) is 0 Å². The first-order valence-corrected chi connectivity index (χ1v) is 35.2. The van der Waals surface area contributed by atoms with Crippen LogP contribution in [0.5, 0.6) is 69.0 Å². The molecule has 25 heteroatoms. The van der Waals surface area contributed by atoms with Crippen LogP contribution in [-0.4, -0.2) is 180 Å². The van der Waals surface area contributed by atoms with Crippen LogP contribution in [-0.2, 0) is 76.8 Å². The van der Waals surface area contributed by atoms with Crippen molar-refractivity contribution < 1.29 is 114 Å². The first-order valence-electron chi connectivity index (χ1n) is 35.2. The van der Waals surface area contributed by atoms with E-state index in [1.807, 2.05) is 59.5 Å². The maximum absolute atomic E-state index is 12.8. The highest BCUT2D eigenvalue weighted by atomic mass is 16.7. The molecule has 3 unspecified atom stereocenters. The summed E-state index contributed by atoms with van der Waals surface area (Å²) in [6.45, 7) is 8.37. The summed E-state index contributed by atoms with van der Waals surface area (Å²) in [4.78, 5) is 40.3. The van der Waals surface area contributed by atoms with Crippen molar-refractivity contribution in [2.45, 2.75) is 136 Å². The first-order chi connectivity index (χ1) is 50.3. The lowest BCUT2D eigenvalue weighted by molar-refractivity contribution is -0.169. The van der Waals surface area contributed by atoms with Gasteiger partial charge in [-0.2, -0.15) is 0 Å². The van der Waals surface area contributed by atoms with Gasteiger partial charge < -0.3 is 99.5 Å². The summed E-state index contributed by atoms with van der Waals surface area (Å²) in [5, 5.41) is 0. The summed E-state index contributed by atoms with van der Waals surface area (Å²) < 4.78 is 124. The van der Waals surface area contributed by atoms with Gasteiger partial charge in [0, 0.05) is 60.2 Å². The van der Waals surface area contributed by atoms with Crippen molar-refractivity contribution in [1.82, 2.24) is 4.90 Å². The predicted molar refractivity (Wildman–Crippen MR) is 376 cm³/mol. The van der Waals surface area contributed by atoms with Gasteiger partial charge in [0.2, 0.25) is 0 Å². The Hall–Kier alpha value is -8.95. The number of ether oxygens (including phenoxy) is 21. The Labute approximate surface area is 603 Å². The SMILES string of the molecule is COc1cc(COC2CCCCO2)ccc1OCCOc1ccc(OC[C@@H](CN(C[C@H](COc2ccc(OCCOc3ccc(COC4CCCCO4)cc3OC)cc2)OC(C)=O)C[C@H](COc2ccc(OCCOc3ccc(COC4CCCCO4)cc3OC)cc2)OC(C)=O)OC(C)=O)cc1. The molecule has 6 aromatic carbocycles. The van der Waals surface area contributed by atoms with Crippen molar-refractivity contribution in [1.29, 1.82) is 0 Å². The monoisotopic (exact) mass is 1430 g/mol. The van der Waals surface area contributed by atoms with Gasteiger partial charge in [0.15, 0.2) is 53.4 Å². The third-order valence-corrected chi connectivity index (χ3v) is 16.4. The van der Waals surface area contributed by atoms with E-state index in [0.29, 0.717) is 109 Å². The lowest BCUT2D eigenvalue weighted by atomic mass is 10.2. The van der Waals surface area contributed by atoms with Crippen LogP contribution >= 0.6 is 0 Å². The fourth-order valence-electron chi connectivity index (χ4n) is 11.4. The van der Waals surface area contributed by atoms with E-state index in [2.05, 4.69) is 0 Å². The van der Waals surface area contributed by atoms with Crippen molar-refractivity contribution >= 4 is 17.9 Å². The number of hydrogen-bond donors (Lipinski definition) is 0. The van der Waals surface area contributed by atoms with Crippen LogP contribution in [0.2, 0.25) is 0 Å². The molecule has 6 aromatic rings. The molecule has 0 aliphatic carbocycles. The fraction of sp³-hybridized carbons (Fsp3) is 0.500. The van der Waals surface area contributed by atoms with Crippen molar-refractivity contribution in [2.24, 2.45) is 0 Å². The highest BCUT2D eigenvalue weighted by Gasteiger charge is 2.28. The van der Waals surface area contributed by atoms with Gasteiger partial charge in [0.05, 0.1) is 41.2 Å². The van der Waals surface area contributed by atoms with Crippen molar-refractivity contribution in [2.75, 3.05) is 120 Å². The minimum Gasteiger partial charge on any atom is -0.493 e. The Morgan fingerprint density at radius 3 is 0.854 bits per heavy atom. The van der Waals surface area contributed by atoms with Crippen LogP contribution in [0.25, 0.3) is 0 Å². The van der Waals surface area contributed by atoms with Gasteiger partial charge in [-0.3, -0.25) is 19.3 Å². The molecule has 560 valence electrons. The zero-order chi connectivity index (χ0) is 72.2. The minimum absolute atomic E-state index is 0.0189. The summed E-state index contributed by atoms with van der Waals surface area (Å²) in [5.74, 6) is 4.82. The summed E-state index contributed by atoms with van der Waals surface area (Å²) in [5.41, 5.74) is 2.82. The smallest absolute Gasteiger partial charge is 0.303 e. The van der Waals surface area contributed by atoms with E-state index in [-0.39, 0.29) is 98.0 Å². The largest absolute Gasteiger partial charge is 0.493 e. The molecule has 0 spiro atoms. The molecule has 3 aliphatic rings. The van der Waals surface area contributed by atoms with Gasteiger partial charge in [-0.05, 0) is 184 Å². The van der Waals surface area contributed by atoms with E-state index in [0.717, 1.165) is 74.5 Å². The molecular weight excluding hydrogens is 1330 g/mol. The Morgan fingerprint density at radius 2 is 0.612 bits per heavy atom. The van der Waals surface area contributed by atoms with Crippen LogP contribution < -0.4 is 56.8 Å². The number of carbonyl (C=O) groups is 3. The molecule has 9 rings (SSSR count). The molecule has 0 saturated carbocycles. The molecule has 0 aromatic heterocycles. The zero-order valence-corrected chi connectivity index (χ0v) is 59.9. The Balaban J connectivity index is 0.794. The highest BCUT2D eigenvalue weighted by molar-refractivity contribution is 5.67. The van der Waals surface area contributed by atoms with Crippen LogP contribution in [0.1, 0.15) is 95.2 Å². The second-order valence-electron chi connectivity index (χ2n) is 24.6. The normalized spacial score (nSPS) is 16.7. The summed E-state index contributed by atoms with van der Waals surface area (Å²) >= 11 is 0. The molecule has 3 saturated heterocycles. The van der Waals surface area contributed by atoms with E-state index in [4.69, 9.17) is 99.5 Å². The van der Waals surface area contributed by atoms with Gasteiger partial charge in [-0.25, -0.2) is 0 Å². The topological polar surface area (TPSA) is 248 Å². The van der Waals surface area contributed by atoms with Crippen LogP contribution in [0, 0.1) is 0 Å². The number of esters is 3. The van der Waals surface area contributed by atoms with Gasteiger partial charge in [-0.15, -0.1) is 0 Å². The number of methoxy groups -OCH3 is 3. The number of nitrogens with zero attached hydrogens (tertiary/aromatic N) is 1. The lowest BCUT2D eigenvalue weighted by Gasteiger charge is -2.32. The summed E-state index contributed by atoms with van der Waals surface area (Å²) in [7, 11) is 4.77. The van der Waals surface area contributed by atoms with Gasteiger partial charge in [-0.1, -0.05) is 18.2 Å². The quantitative estimate of drug-likeness (QED) is 0.0196. The second kappa shape index (κ2) is 43.2. The molecule has 103 heavy (non-hydrogen) atoms.